The first kappa shape index (κ1) is 9.14. The molecule has 0 radical (unpaired) electrons. The van der Waals surface area contributed by atoms with Gasteiger partial charge in [-0.3, -0.25) is 4.68 Å². The van der Waals surface area contributed by atoms with Crippen molar-refractivity contribution in [3.63, 3.8) is 0 Å². The molecule has 0 aromatic carbocycles. The maximum atomic E-state index is 12.0. The third-order valence-corrected chi connectivity index (χ3v) is 0.926. The molecule has 0 aliphatic carbocycles. The molecule has 3 heteroatoms. The van der Waals surface area contributed by atoms with E-state index < -0.39 is 0 Å². The van der Waals surface area contributed by atoms with Gasteiger partial charge in [0.1, 0.15) is 0 Å². The molecule has 1 rings (SSSR count). The molecular weight excluding hydrogens is 131 g/mol. The smallest absolute Gasteiger partial charge is 0.161 e. The third-order valence-electron chi connectivity index (χ3n) is 0.926. The highest BCUT2D eigenvalue weighted by molar-refractivity contribution is 4.82. The van der Waals surface area contributed by atoms with Crippen molar-refractivity contribution >= 4 is 0 Å². The fraction of sp³-hybridized carbons (Fsp3) is 0.571. The Hall–Kier alpha value is -0.860. The standard InChI is InChI=1S/C5H7FN2.C2H6/c1-2-8-4-5(6)3-7-8;1-2/h3-4H,2H2,1H3;1-2H3. The van der Waals surface area contributed by atoms with Gasteiger partial charge in [-0.25, -0.2) is 4.39 Å². The van der Waals surface area contributed by atoms with Crippen molar-refractivity contribution in [3.8, 4) is 0 Å². The van der Waals surface area contributed by atoms with Gasteiger partial charge in [0, 0.05) is 6.54 Å². The molecule has 2 nitrogen and oxygen atoms in total. The predicted molar refractivity (Wildman–Crippen MR) is 39.2 cm³/mol. The first-order valence-corrected chi connectivity index (χ1v) is 3.51. The van der Waals surface area contributed by atoms with E-state index in [1.807, 2.05) is 20.8 Å². The summed E-state index contributed by atoms with van der Waals surface area (Å²) in [6, 6.07) is 0. The van der Waals surface area contributed by atoms with Crippen molar-refractivity contribution < 1.29 is 4.39 Å². The molecular formula is C7H13FN2. The number of halogens is 1. The largest absolute Gasteiger partial charge is 0.270 e. The van der Waals surface area contributed by atoms with Crippen LogP contribution in [-0.4, -0.2) is 9.78 Å². The fourth-order valence-electron chi connectivity index (χ4n) is 0.511. The van der Waals surface area contributed by atoms with Crippen LogP contribution < -0.4 is 0 Å². The van der Waals surface area contributed by atoms with Gasteiger partial charge in [-0.2, -0.15) is 5.10 Å². The second-order valence-electron chi connectivity index (χ2n) is 1.51. The summed E-state index contributed by atoms with van der Waals surface area (Å²) in [5.41, 5.74) is 0. The molecule has 0 saturated carbocycles. The van der Waals surface area contributed by atoms with Crippen LogP contribution in [0.4, 0.5) is 4.39 Å². The molecule has 0 spiro atoms. The van der Waals surface area contributed by atoms with Crippen molar-refractivity contribution in [1.29, 1.82) is 0 Å². The Kier molecular flexibility index (Phi) is 4.54. The van der Waals surface area contributed by atoms with Crippen molar-refractivity contribution in [1.82, 2.24) is 9.78 Å². The molecule has 0 N–H and O–H groups in total. The molecule has 0 amide bonds. The van der Waals surface area contributed by atoms with Crippen LogP contribution in [0.25, 0.3) is 0 Å². The summed E-state index contributed by atoms with van der Waals surface area (Å²) >= 11 is 0. The molecule has 1 aromatic heterocycles. The van der Waals surface area contributed by atoms with Crippen LogP contribution in [0.3, 0.4) is 0 Å². The Morgan fingerprint density at radius 3 is 2.40 bits per heavy atom. The van der Waals surface area contributed by atoms with E-state index >= 15 is 0 Å². The minimum absolute atomic E-state index is 0.271. The third kappa shape index (κ3) is 2.62. The van der Waals surface area contributed by atoms with E-state index in [9.17, 15) is 4.39 Å². The summed E-state index contributed by atoms with van der Waals surface area (Å²) in [4.78, 5) is 0. The van der Waals surface area contributed by atoms with Gasteiger partial charge in [-0.05, 0) is 6.92 Å². The SMILES string of the molecule is CC.CCn1cc(F)cn1. The van der Waals surface area contributed by atoms with Crippen LogP contribution >= 0.6 is 0 Å². The Bertz CT molecular complexity index is 172. The predicted octanol–water partition coefficient (Wildman–Crippen LogP) is 2.07. The number of rotatable bonds is 1. The van der Waals surface area contributed by atoms with Gasteiger partial charge in [0.05, 0.1) is 12.4 Å². The molecule has 1 heterocycles. The summed E-state index contributed by atoms with van der Waals surface area (Å²) in [7, 11) is 0. The summed E-state index contributed by atoms with van der Waals surface area (Å²) in [5.74, 6) is -0.271. The lowest BCUT2D eigenvalue weighted by Gasteiger charge is -1.87. The zero-order valence-electron chi connectivity index (χ0n) is 6.63. The summed E-state index contributed by atoms with van der Waals surface area (Å²) in [6.07, 6.45) is 2.56. The van der Waals surface area contributed by atoms with Gasteiger partial charge >= 0.3 is 0 Å². The molecule has 0 unspecified atom stereocenters. The van der Waals surface area contributed by atoms with Crippen LogP contribution in [-0.2, 0) is 6.54 Å². The Balaban J connectivity index is 0.000000371. The molecule has 0 aliphatic heterocycles. The van der Waals surface area contributed by atoms with E-state index in [4.69, 9.17) is 0 Å². The highest BCUT2D eigenvalue weighted by atomic mass is 19.1. The van der Waals surface area contributed by atoms with E-state index in [0.717, 1.165) is 6.54 Å². The van der Waals surface area contributed by atoms with Crippen LogP contribution in [0.1, 0.15) is 20.8 Å². The monoisotopic (exact) mass is 144 g/mol. The quantitative estimate of drug-likeness (QED) is 0.590. The van der Waals surface area contributed by atoms with Gasteiger partial charge in [0.25, 0.3) is 0 Å². The van der Waals surface area contributed by atoms with E-state index in [2.05, 4.69) is 5.10 Å². The topological polar surface area (TPSA) is 17.8 Å². The number of aryl methyl sites for hydroxylation is 1. The van der Waals surface area contributed by atoms with Gasteiger partial charge in [-0.1, -0.05) is 13.8 Å². The van der Waals surface area contributed by atoms with E-state index in [1.165, 1.54) is 17.1 Å². The minimum atomic E-state index is -0.271. The van der Waals surface area contributed by atoms with Crippen LogP contribution in [0.5, 0.6) is 0 Å². The fourth-order valence-corrected chi connectivity index (χ4v) is 0.511. The number of hydrogen-bond donors (Lipinski definition) is 0. The molecule has 10 heavy (non-hydrogen) atoms. The Labute approximate surface area is 60.7 Å². The van der Waals surface area contributed by atoms with Gasteiger partial charge in [0.15, 0.2) is 5.82 Å². The van der Waals surface area contributed by atoms with Crippen molar-refractivity contribution in [3.05, 3.63) is 18.2 Å². The maximum absolute atomic E-state index is 12.0. The lowest BCUT2D eigenvalue weighted by molar-refractivity contribution is 0.615. The number of hydrogen-bond acceptors (Lipinski definition) is 1. The highest BCUT2D eigenvalue weighted by Crippen LogP contribution is 1.91. The second-order valence-corrected chi connectivity index (χ2v) is 1.51. The highest BCUT2D eigenvalue weighted by Gasteiger charge is 1.90. The van der Waals surface area contributed by atoms with E-state index in [-0.39, 0.29) is 5.82 Å². The first-order chi connectivity index (χ1) is 4.83. The molecule has 0 saturated heterocycles. The number of nitrogens with zero attached hydrogens (tertiary/aromatic N) is 2. The van der Waals surface area contributed by atoms with Crippen molar-refractivity contribution in [2.45, 2.75) is 27.3 Å². The molecule has 0 atom stereocenters. The molecule has 0 aliphatic rings. The second kappa shape index (κ2) is 4.97. The average molecular weight is 144 g/mol. The molecule has 0 bridgehead atoms. The summed E-state index contributed by atoms with van der Waals surface area (Å²) in [6.45, 7) is 6.64. The number of aromatic nitrogens is 2. The summed E-state index contributed by atoms with van der Waals surface area (Å²) < 4.78 is 13.6. The van der Waals surface area contributed by atoms with Gasteiger partial charge in [-0.15, -0.1) is 0 Å². The molecule has 58 valence electrons. The molecule has 0 fully saturated rings. The molecule has 1 aromatic rings. The maximum Gasteiger partial charge on any atom is 0.161 e. The van der Waals surface area contributed by atoms with E-state index in [0.29, 0.717) is 0 Å². The Morgan fingerprint density at radius 2 is 2.20 bits per heavy atom. The van der Waals surface area contributed by atoms with Crippen LogP contribution in [0, 0.1) is 5.82 Å². The van der Waals surface area contributed by atoms with Gasteiger partial charge in [0.2, 0.25) is 0 Å². The lowest BCUT2D eigenvalue weighted by Crippen LogP contribution is -1.91. The summed E-state index contributed by atoms with van der Waals surface area (Å²) in [5, 5.41) is 3.68. The van der Waals surface area contributed by atoms with Crippen molar-refractivity contribution in [2.24, 2.45) is 0 Å². The zero-order valence-corrected chi connectivity index (χ0v) is 6.63. The van der Waals surface area contributed by atoms with Gasteiger partial charge < -0.3 is 0 Å². The first-order valence-electron chi connectivity index (χ1n) is 3.51. The van der Waals surface area contributed by atoms with Crippen LogP contribution in [0.15, 0.2) is 12.4 Å². The Morgan fingerprint density at radius 1 is 1.60 bits per heavy atom. The van der Waals surface area contributed by atoms with Crippen LogP contribution in [0.2, 0.25) is 0 Å². The lowest BCUT2D eigenvalue weighted by atomic mass is 10.7. The van der Waals surface area contributed by atoms with Crippen molar-refractivity contribution in [2.75, 3.05) is 0 Å². The minimum Gasteiger partial charge on any atom is -0.270 e. The zero-order chi connectivity index (χ0) is 7.98. The average Bonchev–Trinajstić information content (AvgIpc) is 2.40. The van der Waals surface area contributed by atoms with E-state index in [1.54, 1.807) is 0 Å². The normalized spacial score (nSPS) is 8.40.